The summed E-state index contributed by atoms with van der Waals surface area (Å²) >= 11 is 6.25. The molecule has 0 bridgehead atoms. The van der Waals surface area contributed by atoms with Crippen LogP contribution in [0.2, 0.25) is 5.02 Å². The van der Waals surface area contributed by atoms with Crippen LogP contribution in [0.5, 0.6) is 0 Å². The number of hydrogen-bond acceptors (Lipinski definition) is 2. The first-order valence-electron chi connectivity index (χ1n) is 7.87. The van der Waals surface area contributed by atoms with E-state index in [-0.39, 0.29) is 0 Å². The lowest BCUT2D eigenvalue weighted by Crippen LogP contribution is -2.35. The molecule has 0 unspecified atom stereocenters. The molecule has 3 amide bonds. The fourth-order valence-electron chi connectivity index (χ4n) is 2.49. The molecule has 0 radical (unpaired) electrons. The van der Waals surface area contributed by atoms with E-state index in [0.717, 1.165) is 29.3 Å². The maximum Gasteiger partial charge on any atom is 0.326 e. The zero-order chi connectivity index (χ0) is 19.4. The van der Waals surface area contributed by atoms with Gasteiger partial charge in [0.25, 0.3) is 5.91 Å². The van der Waals surface area contributed by atoms with E-state index in [0.29, 0.717) is 10.7 Å². The summed E-state index contributed by atoms with van der Waals surface area (Å²) in [6.45, 7) is 0. The van der Waals surface area contributed by atoms with Gasteiger partial charge < -0.3 is 5.32 Å². The Labute approximate surface area is 158 Å². The number of benzene rings is 3. The maximum atomic E-state index is 13.6. The first kappa shape index (κ1) is 18.5. The second kappa shape index (κ2) is 7.97. The highest BCUT2D eigenvalue weighted by Crippen LogP contribution is 2.30. The summed E-state index contributed by atoms with van der Waals surface area (Å²) in [6.07, 6.45) is 0. The van der Waals surface area contributed by atoms with Crippen LogP contribution >= 0.6 is 11.6 Å². The largest absolute Gasteiger partial charge is 0.326 e. The van der Waals surface area contributed by atoms with Gasteiger partial charge in [0.15, 0.2) is 0 Å². The summed E-state index contributed by atoms with van der Waals surface area (Å²) < 4.78 is 27.2. The van der Waals surface area contributed by atoms with Crippen LogP contribution in [0.15, 0.2) is 66.7 Å². The molecule has 3 aromatic rings. The van der Waals surface area contributed by atoms with Crippen LogP contribution in [0, 0.1) is 11.6 Å². The lowest BCUT2D eigenvalue weighted by molar-refractivity contribution is 0.0959. The SMILES string of the molecule is O=C(NC(=O)c1c(F)cccc1F)Nc1ccc(-c2ccccc2)c(Cl)c1. The quantitative estimate of drug-likeness (QED) is 0.646. The van der Waals surface area contributed by atoms with Crippen molar-refractivity contribution in [3.8, 4) is 11.1 Å². The van der Waals surface area contributed by atoms with E-state index in [2.05, 4.69) is 5.32 Å². The van der Waals surface area contributed by atoms with Gasteiger partial charge in [-0.1, -0.05) is 54.1 Å². The normalized spacial score (nSPS) is 10.3. The highest BCUT2D eigenvalue weighted by Gasteiger charge is 2.19. The van der Waals surface area contributed by atoms with E-state index in [1.165, 1.54) is 6.07 Å². The molecular formula is C20H13ClF2N2O2. The molecule has 4 nitrogen and oxygen atoms in total. The van der Waals surface area contributed by atoms with Crippen LogP contribution in [0.3, 0.4) is 0 Å². The van der Waals surface area contributed by atoms with Gasteiger partial charge in [-0.15, -0.1) is 0 Å². The third-order valence-corrected chi connectivity index (χ3v) is 4.04. The fourth-order valence-corrected chi connectivity index (χ4v) is 2.78. The third-order valence-electron chi connectivity index (χ3n) is 3.73. The molecule has 7 heteroatoms. The number of carbonyl (C=O) groups excluding carboxylic acids is 2. The van der Waals surface area contributed by atoms with E-state index in [9.17, 15) is 18.4 Å². The molecule has 0 aliphatic rings. The molecule has 0 atom stereocenters. The van der Waals surface area contributed by atoms with Crippen molar-refractivity contribution in [2.45, 2.75) is 0 Å². The van der Waals surface area contributed by atoms with E-state index in [1.54, 1.807) is 12.1 Å². The molecule has 27 heavy (non-hydrogen) atoms. The average molecular weight is 387 g/mol. The van der Waals surface area contributed by atoms with Gasteiger partial charge in [0.1, 0.15) is 17.2 Å². The fraction of sp³-hybridized carbons (Fsp3) is 0. The van der Waals surface area contributed by atoms with Crippen LogP contribution in [-0.4, -0.2) is 11.9 Å². The Morgan fingerprint density at radius 3 is 2.15 bits per heavy atom. The zero-order valence-corrected chi connectivity index (χ0v) is 14.6. The molecule has 0 fully saturated rings. The molecule has 3 rings (SSSR count). The predicted molar refractivity (Wildman–Crippen MR) is 99.7 cm³/mol. The van der Waals surface area contributed by atoms with Crippen molar-refractivity contribution in [2.24, 2.45) is 0 Å². The lowest BCUT2D eigenvalue weighted by atomic mass is 10.1. The average Bonchev–Trinajstić information content (AvgIpc) is 2.62. The van der Waals surface area contributed by atoms with Crippen LogP contribution in [0.25, 0.3) is 11.1 Å². The van der Waals surface area contributed by atoms with Crippen LogP contribution in [0.4, 0.5) is 19.3 Å². The smallest absolute Gasteiger partial charge is 0.308 e. The van der Waals surface area contributed by atoms with Gasteiger partial charge in [0.05, 0.1) is 5.02 Å². The Balaban J connectivity index is 1.71. The minimum atomic E-state index is -1.19. The van der Waals surface area contributed by atoms with Gasteiger partial charge in [-0.05, 0) is 29.8 Å². The first-order valence-corrected chi connectivity index (χ1v) is 8.25. The second-order valence-electron chi connectivity index (χ2n) is 5.57. The molecule has 0 aliphatic carbocycles. The van der Waals surface area contributed by atoms with Crippen molar-refractivity contribution in [3.63, 3.8) is 0 Å². The number of urea groups is 1. The van der Waals surface area contributed by atoms with Crippen molar-refractivity contribution in [1.82, 2.24) is 5.32 Å². The Morgan fingerprint density at radius 2 is 1.52 bits per heavy atom. The first-order chi connectivity index (χ1) is 13.0. The molecule has 136 valence electrons. The Hall–Kier alpha value is -3.25. The molecule has 0 aromatic heterocycles. The molecule has 0 aliphatic heterocycles. The highest BCUT2D eigenvalue weighted by atomic mass is 35.5. The number of carbonyl (C=O) groups is 2. The van der Waals surface area contributed by atoms with E-state index in [4.69, 9.17) is 11.6 Å². The molecule has 0 heterocycles. The van der Waals surface area contributed by atoms with Gasteiger partial charge in [-0.2, -0.15) is 0 Å². The molecule has 0 spiro atoms. The molecule has 2 N–H and O–H groups in total. The topological polar surface area (TPSA) is 58.2 Å². The van der Waals surface area contributed by atoms with Gasteiger partial charge in [0.2, 0.25) is 0 Å². The van der Waals surface area contributed by atoms with Crippen molar-refractivity contribution >= 4 is 29.2 Å². The highest BCUT2D eigenvalue weighted by molar-refractivity contribution is 6.33. The summed E-state index contributed by atoms with van der Waals surface area (Å²) in [5, 5.41) is 4.67. The van der Waals surface area contributed by atoms with Crippen LogP contribution in [0.1, 0.15) is 10.4 Å². The van der Waals surface area contributed by atoms with Gasteiger partial charge in [-0.3, -0.25) is 10.1 Å². The summed E-state index contributed by atoms with van der Waals surface area (Å²) in [7, 11) is 0. The van der Waals surface area contributed by atoms with Gasteiger partial charge in [-0.25, -0.2) is 13.6 Å². The van der Waals surface area contributed by atoms with Crippen molar-refractivity contribution in [3.05, 3.63) is 89.0 Å². The van der Waals surface area contributed by atoms with Gasteiger partial charge >= 0.3 is 6.03 Å². The molecule has 3 aromatic carbocycles. The number of hydrogen-bond donors (Lipinski definition) is 2. The number of imide groups is 1. The number of nitrogens with one attached hydrogen (secondary N) is 2. The Kier molecular flexibility index (Phi) is 5.47. The summed E-state index contributed by atoms with van der Waals surface area (Å²) in [5.74, 6) is -3.30. The minimum Gasteiger partial charge on any atom is -0.308 e. The van der Waals surface area contributed by atoms with Crippen molar-refractivity contribution in [2.75, 3.05) is 5.32 Å². The number of rotatable bonds is 3. The standard InChI is InChI=1S/C20H13ClF2N2O2/c21-15-11-13(9-10-14(15)12-5-2-1-3-6-12)24-20(27)25-19(26)18-16(22)7-4-8-17(18)23/h1-11H,(H2,24,25,26,27). The van der Waals surface area contributed by atoms with E-state index in [1.807, 2.05) is 35.6 Å². The van der Waals surface area contributed by atoms with E-state index < -0.39 is 29.1 Å². The number of halogens is 3. The zero-order valence-electron chi connectivity index (χ0n) is 13.8. The Morgan fingerprint density at radius 1 is 0.852 bits per heavy atom. The summed E-state index contributed by atoms with van der Waals surface area (Å²) in [5.41, 5.74) is 1.17. The third kappa shape index (κ3) is 4.30. The molecule has 0 saturated heterocycles. The summed E-state index contributed by atoms with van der Waals surface area (Å²) in [4.78, 5) is 23.9. The molecule has 0 saturated carbocycles. The maximum absolute atomic E-state index is 13.6. The summed E-state index contributed by atoms with van der Waals surface area (Å²) in [6, 6.07) is 16.3. The van der Waals surface area contributed by atoms with Crippen molar-refractivity contribution < 1.29 is 18.4 Å². The van der Waals surface area contributed by atoms with Crippen LogP contribution in [-0.2, 0) is 0 Å². The minimum absolute atomic E-state index is 0.319. The van der Waals surface area contributed by atoms with Crippen LogP contribution < -0.4 is 10.6 Å². The van der Waals surface area contributed by atoms with Crippen molar-refractivity contribution in [1.29, 1.82) is 0 Å². The number of amides is 3. The lowest BCUT2D eigenvalue weighted by Gasteiger charge is -2.10. The van der Waals surface area contributed by atoms with Gasteiger partial charge in [0, 0.05) is 11.3 Å². The second-order valence-corrected chi connectivity index (χ2v) is 5.97. The number of anilines is 1. The predicted octanol–water partition coefficient (Wildman–Crippen LogP) is 5.25. The molecular weight excluding hydrogens is 374 g/mol. The van der Waals surface area contributed by atoms with E-state index >= 15 is 0 Å². The monoisotopic (exact) mass is 386 g/mol. The Bertz CT molecular complexity index is 990.